The highest BCUT2D eigenvalue weighted by Crippen LogP contribution is 2.27. The van der Waals surface area contributed by atoms with Crippen LogP contribution in [0.15, 0.2) is 56.6 Å². The monoisotopic (exact) mass is 485 g/mol. The molecule has 0 amide bonds. The molecule has 0 unspecified atom stereocenters. The first-order valence-electron chi connectivity index (χ1n) is 11.1. The highest BCUT2D eigenvalue weighted by molar-refractivity contribution is 7.89. The molecule has 0 atom stereocenters. The van der Waals surface area contributed by atoms with Crippen molar-refractivity contribution in [1.29, 1.82) is 0 Å². The average molecular weight is 486 g/mol. The molecule has 34 heavy (non-hydrogen) atoms. The Hall–Kier alpha value is -3.01. The van der Waals surface area contributed by atoms with Crippen LogP contribution in [0.3, 0.4) is 0 Å². The molecule has 3 aromatic rings. The van der Waals surface area contributed by atoms with E-state index in [-0.39, 0.29) is 36.1 Å². The summed E-state index contributed by atoms with van der Waals surface area (Å²) in [7, 11) is -3.74. The van der Waals surface area contributed by atoms with E-state index in [9.17, 15) is 18.0 Å². The molecular weight excluding hydrogens is 458 g/mol. The molecule has 180 valence electrons. The number of fused-ring (bicyclic) bond motifs is 1. The zero-order valence-corrected chi connectivity index (χ0v) is 20.2. The molecule has 9 heteroatoms. The number of hydrogen-bond donors (Lipinski definition) is 0. The third-order valence-electron chi connectivity index (χ3n) is 5.88. The number of nitrogens with zero attached hydrogens (tertiary/aromatic N) is 1. The Morgan fingerprint density at radius 2 is 1.85 bits per heavy atom. The maximum Gasteiger partial charge on any atom is 0.338 e. The fraction of sp³-hybridized carbons (Fsp3) is 0.360. The minimum atomic E-state index is -3.74. The van der Waals surface area contributed by atoms with Crippen molar-refractivity contribution in [3.8, 4) is 0 Å². The third kappa shape index (κ3) is 4.91. The Balaban J connectivity index is 1.58. The molecule has 0 aliphatic carbocycles. The summed E-state index contributed by atoms with van der Waals surface area (Å²) in [5, 5.41) is 0.699. The molecule has 2 heterocycles. The lowest BCUT2D eigenvalue weighted by Crippen LogP contribution is -2.40. The normalized spacial score (nSPS) is 15.1. The van der Waals surface area contributed by atoms with Crippen molar-refractivity contribution in [3.05, 3.63) is 75.1 Å². The molecule has 1 aliphatic rings. The van der Waals surface area contributed by atoms with Gasteiger partial charge in [-0.15, -0.1) is 0 Å². The number of esters is 1. The van der Waals surface area contributed by atoms with Gasteiger partial charge in [-0.2, -0.15) is 4.31 Å². The molecule has 0 N–H and O–H groups in total. The second-order valence-corrected chi connectivity index (χ2v) is 10.5. The molecule has 0 saturated carbocycles. The second-order valence-electron chi connectivity index (χ2n) is 8.57. The first-order valence-corrected chi connectivity index (χ1v) is 12.5. The van der Waals surface area contributed by atoms with Gasteiger partial charge in [0.25, 0.3) is 0 Å². The van der Waals surface area contributed by atoms with Crippen LogP contribution in [-0.4, -0.2) is 45.0 Å². The minimum Gasteiger partial charge on any atom is -0.457 e. The standard InChI is InChI=1S/C25H27NO7S/c1-16(2)21-14-22-19(13-24(27)33-23(22)11-17(21)3)15-32-25(28)18-5-4-6-20(12-18)34(29,30)26-7-9-31-10-8-26/h4-6,11-14,16H,7-10,15H2,1-3H3. The number of carbonyl (C=O) groups is 1. The summed E-state index contributed by atoms with van der Waals surface area (Å²) in [6.07, 6.45) is 0. The lowest BCUT2D eigenvalue weighted by molar-refractivity contribution is 0.0473. The smallest absolute Gasteiger partial charge is 0.338 e. The number of morpholine rings is 1. The summed E-state index contributed by atoms with van der Waals surface area (Å²) >= 11 is 0. The third-order valence-corrected chi connectivity index (χ3v) is 7.77. The number of benzene rings is 2. The zero-order valence-electron chi connectivity index (χ0n) is 19.4. The lowest BCUT2D eigenvalue weighted by Gasteiger charge is -2.26. The maximum absolute atomic E-state index is 12.9. The predicted molar refractivity (Wildman–Crippen MR) is 126 cm³/mol. The Morgan fingerprint density at radius 1 is 1.12 bits per heavy atom. The summed E-state index contributed by atoms with van der Waals surface area (Å²) in [5.74, 6) is -0.417. The van der Waals surface area contributed by atoms with Gasteiger partial charge in [0.15, 0.2) is 0 Å². The quantitative estimate of drug-likeness (QED) is 0.388. The Bertz CT molecular complexity index is 1390. The van der Waals surface area contributed by atoms with E-state index in [1.807, 2.05) is 19.1 Å². The summed E-state index contributed by atoms with van der Waals surface area (Å²) in [6, 6.07) is 10.9. The number of rotatable bonds is 6. The van der Waals surface area contributed by atoms with Crippen LogP contribution in [0.25, 0.3) is 11.0 Å². The van der Waals surface area contributed by atoms with Crippen LogP contribution in [-0.2, 0) is 26.1 Å². The van der Waals surface area contributed by atoms with E-state index in [1.54, 1.807) is 0 Å². The van der Waals surface area contributed by atoms with Gasteiger partial charge in [-0.3, -0.25) is 0 Å². The van der Waals surface area contributed by atoms with E-state index < -0.39 is 21.6 Å². The van der Waals surface area contributed by atoms with Crippen LogP contribution >= 0.6 is 0 Å². The van der Waals surface area contributed by atoms with Gasteiger partial charge in [0.2, 0.25) is 10.0 Å². The molecule has 0 spiro atoms. The summed E-state index contributed by atoms with van der Waals surface area (Å²) in [4.78, 5) is 24.9. The molecule has 1 aliphatic heterocycles. The zero-order chi connectivity index (χ0) is 24.5. The molecule has 0 bridgehead atoms. The van der Waals surface area contributed by atoms with Crippen LogP contribution in [0.4, 0.5) is 0 Å². The van der Waals surface area contributed by atoms with Crippen LogP contribution in [0.1, 0.15) is 46.8 Å². The van der Waals surface area contributed by atoms with Gasteiger partial charge >= 0.3 is 11.6 Å². The molecule has 1 saturated heterocycles. The summed E-state index contributed by atoms with van der Waals surface area (Å²) < 4.78 is 43.2. The van der Waals surface area contributed by atoms with Crippen LogP contribution < -0.4 is 5.63 Å². The van der Waals surface area contributed by atoms with E-state index in [4.69, 9.17) is 13.9 Å². The van der Waals surface area contributed by atoms with Crippen molar-refractivity contribution in [2.45, 2.75) is 38.2 Å². The van der Waals surface area contributed by atoms with Crippen molar-refractivity contribution >= 4 is 27.0 Å². The van der Waals surface area contributed by atoms with Crippen molar-refractivity contribution in [1.82, 2.24) is 4.31 Å². The number of hydrogen-bond acceptors (Lipinski definition) is 7. The highest BCUT2D eigenvalue weighted by atomic mass is 32.2. The second kappa shape index (κ2) is 9.69. The van der Waals surface area contributed by atoms with Crippen molar-refractivity contribution < 1.29 is 27.1 Å². The van der Waals surface area contributed by atoms with Crippen LogP contribution in [0.5, 0.6) is 0 Å². The SMILES string of the molecule is Cc1cc2oc(=O)cc(COC(=O)c3cccc(S(=O)(=O)N4CCOCC4)c3)c2cc1C(C)C. The van der Waals surface area contributed by atoms with Crippen LogP contribution in [0, 0.1) is 6.92 Å². The van der Waals surface area contributed by atoms with Gasteiger partial charge in [-0.05, 0) is 54.3 Å². The van der Waals surface area contributed by atoms with E-state index >= 15 is 0 Å². The van der Waals surface area contributed by atoms with Crippen molar-refractivity contribution in [2.75, 3.05) is 26.3 Å². The number of sulfonamides is 1. The molecule has 1 fully saturated rings. The molecule has 4 rings (SSSR count). The van der Waals surface area contributed by atoms with E-state index in [2.05, 4.69) is 13.8 Å². The topological polar surface area (TPSA) is 103 Å². The van der Waals surface area contributed by atoms with Gasteiger partial charge in [0.05, 0.1) is 23.7 Å². The van der Waals surface area contributed by atoms with Gasteiger partial charge in [0, 0.05) is 30.1 Å². The Kier molecular flexibility index (Phi) is 6.88. The Labute approximate surface area is 198 Å². The first kappa shape index (κ1) is 24.1. The average Bonchev–Trinajstić information content (AvgIpc) is 2.82. The number of ether oxygens (including phenoxy) is 2. The van der Waals surface area contributed by atoms with Crippen molar-refractivity contribution in [3.63, 3.8) is 0 Å². The maximum atomic E-state index is 12.9. The fourth-order valence-corrected chi connectivity index (χ4v) is 5.53. The summed E-state index contributed by atoms with van der Waals surface area (Å²) in [6.45, 7) is 7.14. The minimum absolute atomic E-state index is 0.0201. The van der Waals surface area contributed by atoms with Gasteiger partial charge in [0.1, 0.15) is 12.2 Å². The molecule has 8 nitrogen and oxygen atoms in total. The number of carbonyl (C=O) groups excluding carboxylic acids is 1. The Morgan fingerprint density at radius 3 is 2.56 bits per heavy atom. The first-order chi connectivity index (χ1) is 16.2. The largest absolute Gasteiger partial charge is 0.457 e. The fourth-order valence-electron chi connectivity index (χ4n) is 4.08. The molecular formula is C25H27NO7S. The van der Waals surface area contributed by atoms with E-state index in [0.717, 1.165) is 11.1 Å². The van der Waals surface area contributed by atoms with E-state index in [0.29, 0.717) is 29.7 Å². The van der Waals surface area contributed by atoms with Gasteiger partial charge in [-0.1, -0.05) is 19.9 Å². The van der Waals surface area contributed by atoms with E-state index in [1.165, 1.54) is 34.6 Å². The highest BCUT2D eigenvalue weighted by Gasteiger charge is 2.27. The lowest BCUT2D eigenvalue weighted by atomic mass is 9.95. The van der Waals surface area contributed by atoms with Gasteiger partial charge < -0.3 is 13.9 Å². The summed E-state index contributed by atoms with van der Waals surface area (Å²) in [5.41, 5.74) is 2.65. The molecule has 2 aromatic carbocycles. The number of aryl methyl sites for hydroxylation is 1. The molecule has 1 aromatic heterocycles. The van der Waals surface area contributed by atoms with Gasteiger partial charge in [-0.25, -0.2) is 18.0 Å². The predicted octanol–water partition coefficient (Wildman–Crippen LogP) is 3.60. The molecule has 0 radical (unpaired) electrons. The van der Waals surface area contributed by atoms with Crippen molar-refractivity contribution in [2.24, 2.45) is 0 Å². The van der Waals surface area contributed by atoms with Crippen LogP contribution in [0.2, 0.25) is 0 Å².